The number of nitrogens with one attached hydrogen (secondary N) is 1. The van der Waals surface area contributed by atoms with Crippen molar-refractivity contribution < 1.29 is 9.13 Å². The number of benzene rings is 1. The normalized spacial score (nSPS) is 9.93. The highest BCUT2D eigenvalue weighted by molar-refractivity contribution is 5.48. The van der Waals surface area contributed by atoms with Gasteiger partial charge in [-0.15, -0.1) is 0 Å². The molecule has 0 heterocycles. The van der Waals surface area contributed by atoms with Gasteiger partial charge in [0.2, 0.25) is 0 Å². The van der Waals surface area contributed by atoms with Gasteiger partial charge in [-0.25, -0.2) is 4.39 Å². The van der Waals surface area contributed by atoms with Gasteiger partial charge in [-0.2, -0.15) is 0 Å². The van der Waals surface area contributed by atoms with E-state index in [1.807, 2.05) is 0 Å². The molecule has 4 heteroatoms. The van der Waals surface area contributed by atoms with Gasteiger partial charge in [0.25, 0.3) is 0 Å². The smallest absolute Gasteiger partial charge is 0.147 e. The van der Waals surface area contributed by atoms with Gasteiger partial charge < -0.3 is 10.2 Å². The molecule has 0 aliphatic heterocycles. The Morgan fingerprint density at radius 3 is 2.93 bits per heavy atom. The minimum Gasteiger partial charge on any atom is -0.494 e. The highest BCUT2D eigenvalue weighted by atomic mass is 19.1. The standard InChI is InChI=1S/C10H15FN2O/c1-2-3-6-14-8-4-5-9(11)10(7-8)13-12/h4-5,7,13H,2-3,6,12H2,1H3. The maximum Gasteiger partial charge on any atom is 0.147 e. The van der Waals surface area contributed by atoms with Crippen molar-refractivity contribution in [2.24, 2.45) is 5.84 Å². The highest BCUT2D eigenvalue weighted by Crippen LogP contribution is 2.20. The molecular formula is C10H15FN2O. The second-order valence-electron chi connectivity index (χ2n) is 2.99. The second-order valence-corrected chi connectivity index (χ2v) is 2.99. The molecule has 0 spiro atoms. The zero-order chi connectivity index (χ0) is 10.4. The number of nitrogen functional groups attached to an aromatic ring is 1. The van der Waals surface area contributed by atoms with E-state index in [2.05, 4.69) is 12.3 Å². The Morgan fingerprint density at radius 1 is 1.50 bits per heavy atom. The number of nitrogens with two attached hydrogens (primary N) is 1. The molecule has 1 aromatic rings. The average molecular weight is 198 g/mol. The van der Waals surface area contributed by atoms with Gasteiger partial charge in [-0.05, 0) is 18.6 Å². The molecular weight excluding hydrogens is 183 g/mol. The lowest BCUT2D eigenvalue weighted by molar-refractivity contribution is 0.309. The van der Waals surface area contributed by atoms with Crippen molar-refractivity contribution in [2.75, 3.05) is 12.0 Å². The molecule has 0 unspecified atom stereocenters. The van der Waals surface area contributed by atoms with Crippen LogP contribution in [0, 0.1) is 5.82 Å². The maximum atomic E-state index is 13.0. The summed E-state index contributed by atoms with van der Waals surface area (Å²) >= 11 is 0. The summed E-state index contributed by atoms with van der Waals surface area (Å²) in [5.74, 6) is 5.38. The van der Waals surface area contributed by atoms with Crippen LogP contribution in [0.5, 0.6) is 5.75 Å². The molecule has 3 N–H and O–H groups in total. The fraction of sp³-hybridized carbons (Fsp3) is 0.400. The van der Waals surface area contributed by atoms with Crippen LogP contribution in [0.1, 0.15) is 19.8 Å². The maximum absolute atomic E-state index is 13.0. The summed E-state index contributed by atoms with van der Waals surface area (Å²) in [5, 5.41) is 0. The van der Waals surface area contributed by atoms with E-state index in [1.165, 1.54) is 6.07 Å². The summed E-state index contributed by atoms with van der Waals surface area (Å²) in [7, 11) is 0. The number of unbranched alkanes of at least 4 members (excludes halogenated alkanes) is 1. The molecule has 0 bridgehead atoms. The summed E-state index contributed by atoms with van der Waals surface area (Å²) in [4.78, 5) is 0. The van der Waals surface area contributed by atoms with E-state index in [4.69, 9.17) is 10.6 Å². The molecule has 0 amide bonds. The molecule has 1 aromatic carbocycles. The summed E-state index contributed by atoms with van der Waals surface area (Å²) in [6.07, 6.45) is 2.06. The largest absolute Gasteiger partial charge is 0.494 e. The zero-order valence-corrected chi connectivity index (χ0v) is 8.22. The third kappa shape index (κ3) is 2.88. The summed E-state index contributed by atoms with van der Waals surface area (Å²) in [6.45, 7) is 2.73. The Balaban J connectivity index is 2.60. The van der Waals surface area contributed by atoms with Crippen LogP contribution < -0.4 is 16.0 Å². The van der Waals surface area contributed by atoms with Gasteiger partial charge in [-0.3, -0.25) is 5.84 Å². The average Bonchev–Trinajstić information content (AvgIpc) is 2.21. The van der Waals surface area contributed by atoms with Crippen molar-refractivity contribution in [1.82, 2.24) is 0 Å². The van der Waals surface area contributed by atoms with Gasteiger partial charge in [0.1, 0.15) is 11.6 Å². The van der Waals surface area contributed by atoms with E-state index >= 15 is 0 Å². The molecule has 0 aliphatic carbocycles. The lowest BCUT2D eigenvalue weighted by Gasteiger charge is -2.07. The van der Waals surface area contributed by atoms with Crippen LogP contribution in [0.3, 0.4) is 0 Å². The predicted molar refractivity (Wildman–Crippen MR) is 54.6 cm³/mol. The Kier molecular flexibility index (Phi) is 4.19. The van der Waals surface area contributed by atoms with Crippen molar-refractivity contribution in [3.05, 3.63) is 24.0 Å². The Morgan fingerprint density at radius 2 is 2.29 bits per heavy atom. The van der Waals surface area contributed by atoms with Crippen LogP contribution in [-0.4, -0.2) is 6.61 Å². The van der Waals surface area contributed by atoms with E-state index in [0.717, 1.165) is 12.8 Å². The second kappa shape index (κ2) is 5.44. The first-order valence-electron chi connectivity index (χ1n) is 4.67. The first kappa shape index (κ1) is 10.8. The molecule has 0 fully saturated rings. The van der Waals surface area contributed by atoms with E-state index in [0.29, 0.717) is 12.4 Å². The predicted octanol–water partition coefficient (Wildman–Crippen LogP) is 2.29. The number of hydrazine groups is 1. The lowest BCUT2D eigenvalue weighted by atomic mass is 10.3. The minimum absolute atomic E-state index is 0.249. The minimum atomic E-state index is -0.379. The number of hydrogen-bond acceptors (Lipinski definition) is 3. The first-order chi connectivity index (χ1) is 6.77. The molecule has 14 heavy (non-hydrogen) atoms. The summed E-state index contributed by atoms with van der Waals surface area (Å²) in [5.41, 5.74) is 2.52. The lowest BCUT2D eigenvalue weighted by Crippen LogP contribution is -2.08. The monoisotopic (exact) mass is 198 g/mol. The third-order valence-electron chi connectivity index (χ3n) is 1.86. The number of rotatable bonds is 5. The quantitative estimate of drug-likeness (QED) is 0.433. The van der Waals surface area contributed by atoms with Crippen molar-refractivity contribution in [3.8, 4) is 5.75 Å². The fourth-order valence-corrected chi connectivity index (χ4v) is 1.04. The first-order valence-corrected chi connectivity index (χ1v) is 4.67. The van der Waals surface area contributed by atoms with Crippen molar-refractivity contribution in [3.63, 3.8) is 0 Å². The van der Waals surface area contributed by atoms with E-state index < -0.39 is 0 Å². The number of hydrogen-bond donors (Lipinski definition) is 2. The van der Waals surface area contributed by atoms with Gasteiger partial charge >= 0.3 is 0 Å². The summed E-state index contributed by atoms with van der Waals surface area (Å²) < 4.78 is 18.3. The van der Waals surface area contributed by atoms with Crippen molar-refractivity contribution in [1.29, 1.82) is 0 Å². The van der Waals surface area contributed by atoms with Crippen LogP contribution in [0.4, 0.5) is 10.1 Å². The molecule has 0 atom stereocenters. The van der Waals surface area contributed by atoms with Crippen LogP contribution in [0.25, 0.3) is 0 Å². The van der Waals surface area contributed by atoms with Crippen LogP contribution in [0.15, 0.2) is 18.2 Å². The van der Waals surface area contributed by atoms with E-state index in [-0.39, 0.29) is 11.5 Å². The van der Waals surface area contributed by atoms with Crippen LogP contribution >= 0.6 is 0 Å². The number of anilines is 1. The Bertz CT molecular complexity index is 291. The fourth-order valence-electron chi connectivity index (χ4n) is 1.04. The van der Waals surface area contributed by atoms with Crippen LogP contribution in [-0.2, 0) is 0 Å². The van der Waals surface area contributed by atoms with Gasteiger partial charge in [-0.1, -0.05) is 13.3 Å². The third-order valence-corrected chi connectivity index (χ3v) is 1.86. The van der Waals surface area contributed by atoms with E-state index in [1.54, 1.807) is 12.1 Å². The van der Waals surface area contributed by atoms with Crippen molar-refractivity contribution in [2.45, 2.75) is 19.8 Å². The van der Waals surface area contributed by atoms with Crippen molar-refractivity contribution >= 4 is 5.69 Å². The molecule has 0 radical (unpaired) electrons. The Labute approximate surface area is 83.0 Å². The molecule has 0 saturated heterocycles. The molecule has 0 aliphatic rings. The number of halogens is 1. The van der Waals surface area contributed by atoms with E-state index in [9.17, 15) is 4.39 Å². The highest BCUT2D eigenvalue weighted by Gasteiger charge is 2.01. The molecule has 0 saturated carbocycles. The van der Waals surface area contributed by atoms with Gasteiger partial charge in [0, 0.05) is 6.07 Å². The molecule has 3 nitrogen and oxygen atoms in total. The van der Waals surface area contributed by atoms with Gasteiger partial charge in [0.15, 0.2) is 0 Å². The zero-order valence-electron chi connectivity index (χ0n) is 8.22. The Hall–Kier alpha value is -1.29. The SMILES string of the molecule is CCCCOc1ccc(F)c(NN)c1. The molecule has 0 aromatic heterocycles. The van der Waals surface area contributed by atoms with Crippen LogP contribution in [0.2, 0.25) is 0 Å². The topological polar surface area (TPSA) is 47.3 Å². The van der Waals surface area contributed by atoms with Gasteiger partial charge in [0.05, 0.1) is 12.3 Å². The number of ether oxygens (including phenoxy) is 1. The molecule has 78 valence electrons. The summed E-state index contributed by atoms with van der Waals surface area (Å²) in [6, 6.07) is 4.47. The molecule has 1 rings (SSSR count).